The Bertz CT molecular complexity index is 135. The van der Waals surface area contributed by atoms with E-state index in [1.165, 1.54) is 0 Å². The minimum atomic E-state index is -4.01. The highest BCUT2D eigenvalue weighted by molar-refractivity contribution is 4.85. The quantitative estimate of drug-likeness (QED) is 0.629. The molecule has 1 nitrogen and oxygen atoms in total. The molecule has 0 spiro atoms. The molecular formula is C7H12F3N. The fraction of sp³-hybridized carbons (Fsp3) is 1.00. The van der Waals surface area contributed by atoms with Gasteiger partial charge in [-0.3, -0.25) is 0 Å². The van der Waals surface area contributed by atoms with Gasteiger partial charge in [-0.05, 0) is 18.4 Å². The second-order valence-electron chi connectivity index (χ2n) is 3.53. The summed E-state index contributed by atoms with van der Waals surface area (Å²) >= 11 is 0. The standard InChI is InChI=1S/C7H12F3N/c1-6(2-3-11-5-6)4-7(8,9)10/h11H,2-5H2,1H3. The van der Waals surface area contributed by atoms with E-state index in [1.807, 2.05) is 0 Å². The van der Waals surface area contributed by atoms with Crippen molar-refractivity contribution in [3.63, 3.8) is 0 Å². The summed E-state index contributed by atoms with van der Waals surface area (Å²) in [5, 5.41) is 2.94. The summed E-state index contributed by atoms with van der Waals surface area (Å²) in [6.07, 6.45) is -4.04. The second kappa shape index (κ2) is 2.66. The van der Waals surface area contributed by atoms with Gasteiger partial charge in [0, 0.05) is 6.54 Å². The first kappa shape index (κ1) is 8.84. The van der Waals surface area contributed by atoms with Crippen LogP contribution in [0.2, 0.25) is 0 Å². The van der Waals surface area contributed by atoms with Gasteiger partial charge in [-0.2, -0.15) is 13.2 Å². The topological polar surface area (TPSA) is 12.0 Å². The average Bonchev–Trinajstić information content (AvgIpc) is 2.09. The number of nitrogens with one attached hydrogen (secondary N) is 1. The third-order valence-electron chi connectivity index (χ3n) is 2.08. The van der Waals surface area contributed by atoms with E-state index in [0.717, 1.165) is 0 Å². The molecule has 1 N–H and O–H groups in total. The molecule has 66 valence electrons. The first-order chi connectivity index (χ1) is 4.91. The van der Waals surface area contributed by atoms with Crippen molar-refractivity contribution >= 4 is 0 Å². The van der Waals surface area contributed by atoms with Crippen molar-refractivity contribution in [2.24, 2.45) is 5.41 Å². The fourth-order valence-corrected chi connectivity index (χ4v) is 1.50. The first-order valence-corrected chi connectivity index (χ1v) is 3.69. The first-order valence-electron chi connectivity index (χ1n) is 3.69. The predicted molar refractivity (Wildman–Crippen MR) is 36.3 cm³/mol. The van der Waals surface area contributed by atoms with Gasteiger partial charge in [-0.25, -0.2) is 0 Å². The molecule has 0 saturated carbocycles. The van der Waals surface area contributed by atoms with Gasteiger partial charge in [-0.1, -0.05) is 6.92 Å². The van der Waals surface area contributed by atoms with Crippen LogP contribution in [0.25, 0.3) is 0 Å². The van der Waals surface area contributed by atoms with E-state index >= 15 is 0 Å². The number of alkyl halides is 3. The molecule has 0 radical (unpaired) electrons. The molecule has 1 rings (SSSR count). The Balaban J connectivity index is 2.46. The lowest BCUT2D eigenvalue weighted by molar-refractivity contribution is -0.154. The van der Waals surface area contributed by atoms with Crippen LogP contribution in [0.1, 0.15) is 19.8 Å². The van der Waals surface area contributed by atoms with Gasteiger partial charge in [0.25, 0.3) is 0 Å². The molecule has 0 aromatic rings. The second-order valence-corrected chi connectivity index (χ2v) is 3.53. The van der Waals surface area contributed by atoms with Gasteiger partial charge in [0.1, 0.15) is 0 Å². The smallest absolute Gasteiger partial charge is 0.316 e. The molecule has 0 aromatic carbocycles. The van der Waals surface area contributed by atoms with Crippen molar-refractivity contribution in [2.75, 3.05) is 13.1 Å². The predicted octanol–water partition coefficient (Wildman–Crippen LogP) is 1.94. The highest BCUT2D eigenvalue weighted by atomic mass is 19.4. The maximum atomic E-state index is 11.9. The summed E-state index contributed by atoms with van der Waals surface area (Å²) in [7, 11) is 0. The van der Waals surface area contributed by atoms with Crippen LogP contribution in [0.15, 0.2) is 0 Å². The van der Waals surface area contributed by atoms with Crippen LogP contribution >= 0.6 is 0 Å². The summed E-state index contributed by atoms with van der Waals surface area (Å²) in [4.78, 5) is 0. The Kier molecular flexibility index (Phi) is 2.14. The van der Waals surface area contributed by atoms with Crippen molar-refractivity contribution in [1.82, 2.24) is 5.32 Å². The maximum Gasteiger partial charge on any atom is 0.389 e. The van der Waals surface area contributed by atoms with E-state index < -0.39 is 18.0 Å². The Hall–Kier alpha value is -0.250. The van der Waals surface area contributed by atoms with Crippen molar-refractivity contribution in [2.45, 2.75) is 25.9 Å². The van der Waals surface area contributed by atoms with E-state index in [0.29, 0.717) is 19.5 Å². The van der Waals surface area contributed by atoms with Crippen LogP contribution in [0.4, 0.5) is 13.2 Å². The van der Waals surface area contributed by atoms with E-state index in [2.05, 4.69) is 5.32 Å². The molecule has 1 aliphatic rings. The van der Waals surface area contributed by atoms with Gasteiger partial charge in [0.15, 0.2) is 0 Å². The van der Waals surface area contributed by atoms with Gasteiger partial charge >= 0.3 is 6.18 Å². The molecule has 1 saturated heterocycles. The molecule has 4 heteroatoms. The van der Waals surface area contributed by atoms with Crippen LogP contribution in [-0.4, -0.2) is 19.3 Å². The zero-order valence-corrected chi connectivity index (χ0v) is 6.46. The SMILES string of the molecule is CC1(CC(F)(F)F)CCNC1. The molecule has 11 heavy (non-hydrogen) atoms. The lowest BCUT2D eigenvalue weighted by Gasteiger charge is -2.23. The molecule has 0 aliphatic carbocycles. The van der Waals surface area contributed by atoms with Crippen LogP contribution in [0.3, 0.4) is 0 Å². The summed E-state index contributed by atoms with van der Waals surface area (Å²) in [6, 6.07) is 0. The highest BCUT2D eigenvalue weighted by Gasteiger charge is 2.40. The van der Waals surface area contributed by atoms with E-state index in [4.69, 9.17) is 0 Å². The molecule has 1 aliphatic heterocycles. The van der Waals surface area contributed by atoms with Crippen LogP contribution < -0.4 is 5.32 Å². The number of hydrogen-bond donors (Lipinski definition) is 1. The molecule has 1 atom stereocenters. The molecule has 0 aromatic heterocycles. The summed E-state index contributed by atoms with van der Waals surface area (Å²) in [5.41, 5.74) is -0.557. The summed E-state index contributed by atoms with van der Waals surface area (Å²) < 4.78 is 35.8. The average molecular weight is 167 g/mol. The normalized spacial score (nSPS) is 32.7. The van der Waals surface area contributed by atoms with Crippen molar-refractivity contribution in [3.05, 3.63) is 0 Å². The Morgan fingerprint density at radius 2 is 2.09 bits per heavy atom. The van der Waals surface area contributed by atoms with E-state index in [-0.39, 0.29) is 0 Å². The van der Waals surface area contributed by atoms with Gasteiger partial charge in [0.2, 0.25) is 0 Å². The Morgan fingerprint density at radius 1 is 1.45 bits per heavy atom. The molecule has 0 bridgehead atoms. The largest absolute Gasteiger partial charge is 0.389 e. The molecule has 0 amide bonds. The fourth-order valence-electron chi connectivity index (χ4n) is 1.50. The van der Waals surface area contributed by atoms with Gasteiger partial charge in [0.05, 0.1) is 6.42 Å². The highest BCUT2D eigenvalue weighted by Crippen LogP contribution is 2.37. The third-order valence-corrected chi connectivity index (χ3v) is 2.08. The molecule has 1 heterocycles. The monoisotopic (exact) mass is 167 g/mol. The number of rotatable bonds is 1. The third kappa shape index (κ3) is 2.69. The lowest BCUT2D eigenvalue weighted by atomic mass is 9.86. The Labute approximate surface area is 64.0 Å². The van der Waals surface area contributed by atoms with Crippen molar-refractivity contribution in [1.29, 1.82) is 0 Å². The van der Waals surface area contributed by atoms with Crippen molar-refractivity contribution < 1.29 is 13.2 Å². The molecular weight excluding hydrogens is 155 g/mol. The van der Waals surface area contributed by atoms with Crippen LogP contribution in [-0.2, 0) is 0 Å². The van der Waals surface area contributed by atoms with Crippen LogP contribution in [0.5, 0.6) is 0 Å². The molecule has 1 fully saturated rings. The van der Waals surface area contributed by atoms with Crippen molar-refractivity contribution in [3.8, 4) is 0 Å². The van der Waals surface area contributed by atoms with Gasteiger partial charge in [-0.15, -0.1) is 0 Å². The number of halogens is 3. The lowest BCUT2D eigenvalue weighted by Crippen LogP contribution is -2.27. The van der Waals surface area contributed by atoms with Crippen LogP contribution in [0, 0.1) is 5.41 Å². The molecule has 1 unspecified atom stereocenters. The zero-order chi connectivity index (χ0) is 8.54. The maximum absolute atomic E-state index is 11.9. The minimum absolute atomic E-state index is 0.493. The minimum Gasteiger partial charge on any atom is -0.316 e. The van der Waals surface area contributed by atoms with E-state index in [1.54, 1.807) is 6.92 Å². The summed E-state index contributed by atoms with van der Waals surface area (Å²) in [6.45, 7) is 2.89. The van der Waals surface area contributed by atoms with Gasteiger partial charge < -0.3 is 5.32 Å². The summed E-state index contributed by atoms with van der Waals surface area (Å²) in [5.74, 6) is 0. The zero-order valence-electron chi connectivity index (χ0n) is 6.46. The Morgan fingerprint density at radius 3 is 2.45 bits per heavy atom. The van der Waals surface area contributed by atoms with E-state index in [9.17, 15) is 13.2 Å². The number of hydrogen-bond acceptors (Lipinski definition) is 1.